The van der Waals surface area contributed by atoms with E-state index in [9.17, 15) is 10.0 Å². The molecule has 4 aromatic rings. The number of carbonyl (C=O) groups excluding carboxylic acids is 1. The highest BCUT2D eigenvalue weighted by Gasteiger charge is 2.23. The summed E-state index contributed by atoms with van der Waals surface area (Å²) in [4.78, 5) is 17.7. The van der Waals surface area contributed by atoms with Crippen molar-refractivity contribution in [2.75, 3.05) is 11.9 Å². The van der Waals surface area contributed by atoms with E-state index in [0.29, 0.717) is 0 Å². The summed E-state index contributed by atoms with van der Waals surface area (Å²) in [5.41, 5.74) is 6.53. The van der Waals surface area contributed by atoms with E-state index in [0.717, 1.165) is 33.4 Å². The molecule has 1 atom stereocenters. The van der Waals surface area contributed by atoms with Crippen LogP contribution in [0.2, 0.25) is 0 Å². The Balaban J connectivity index is 1.72. The van der Waals surface area contributed by atoms with E-state index in [1.807, 2.05) is 73.9 Å². The topological polar surface area (TPSA) is 68.4 Å². The Kier molecular flexibility index (Phi) is 4.83. The van der Waals surface area contributed by atoms with Crippen LogP contribution in [0.15, 0.2) is 85.1 Å². The van der Waals surface area contributed by atoms with E-state index in [-0.39, 0.29) is 0 Å². The highest BCUT2D eigenvalue weighted by molar-refractivity contribution is 5.87. The fraction of sp³-hybridized carbons (Fsp3) is 0.0870. The number of H-pyrrole nitrogens is 1. The van der Waals surface area contributed by atoms with Gasteiger partial charge in [-0.25, -0.2) is 5.48 Å². The van der Waals surface area contributed by atoms with E-state index in [1.54, 1.807) is 5.48 Å². The van der Waals surface area contributed by atoms with Gasteiger partial charge in [0.1, 0.15) is 0 Å². The molecular weight excluding hydrogens is 350 g/mol. The van der Waals surface area contributed by atoms with Crippen LogP contribution in [0.5, 0.6) is 0 Å². The number of hydroxylamine groups is 1. The summed E-state index contributed by atoms with van der Waals surface area (Å²) in [5.74, 6) is -1.05. The number of hydrogen-bond donors (Lipinski definition) is 3. The molecule has 0 aliphatic rings. The second-order valence-corrected chi connectivity index (χ2v) is 6.72. The number of fused-ring (bicyclic) bond motifs is 1. The molecule has 3 N–H and O–H groups in total. The van der Waals surface area contributed by atoms with Crippen molar-refractivity contribution in [3.63, 3.8) is 0 Å². The van der Waals surface area contributed by atoms with E-state index in [1.165, 1.54) is 0 Å². The normalized spacial score (nSPS) is 11.9. The minimum Gasteiger partial charge on any atom is -0.361 e. The molecule has 5 nitrogen and oxygen atoms in total. The van der Waals surface area contributed by atoms with Crippen LogP contribution in [-0.4, -0.2) is 23.1 Å². The first-order chi connectivity index (χ1) is 13.7. The molecule has 1 aromatic heterocycles. The number of amides is 1. The second-order valence-electron chi connectivity index (χ2n) is 6.72. The van der Waals surface area contributed by atoms with Crippen molar-refractivity contribution in [3.8, 4) is 0 Å². The summed E-state index contributed by atoms with van der Waals surface area (Å²) in [6, 6.07) is 25.5. The third-order valence-electron chi connectivity index (χ3n) is 5.02. The van der Waals surface area contributed by atoms with Crippen LogP contribution >= 0.6 is 0 Å². The Labute approximate surface area is 163 Å². The standard InChI is InChI=1S/C23H21N3O2/c1-26(20-10-11-21-17(14-20)12-13-24-21)19-9-5-8-18(15-19)22(23(27)25-28)16-6-3-2-4-7-16/h2-15,22,24,28H,1H3,(H,25,27). The summed E-state index contributed by atoms with van der Waals surface area (Å²) in [6.07, 6.45) is 1.92. The third-order valence-corrected chi connectivity index (χ3v) is 5.02. The maximum absolute atomic E-state index is 12.4. The molecule has 0 fully saturated rings. The van der Waals surface area contributed by atoms with Crippen LogP contribution in [0.3, 0.4) is 0 Å². The molecule has 1 heterocycles. The van der Waals surface area contributed by atoms with Gasteiger partial charge in [0.2, 0.25) is 0 Å². The zero-order valence-electron chi connectivity index (χ0n) is 15.5. The molecule has 3 aromatic carbocycles. The molecule has 140 valence electrons. The van der Waals surface area contributed by atoms with Gasteiger partial charge in [0.15, 0.2) is 0 Å². The van der Waals surface area contributed by atoms with Gasteiger partial charge in [-0.15, -0.1) is 0 Å². The van der Waals surface area contributed by atoms with Gasteiger partial charge < -0.3 is 9.88 Å². The molecule has 0 saturated heterocycles. The van der Waals surface area contributed by atoms with Gasteiger partial charge in [0.05, 0.1) is 5.92 Å². The highest BCUT2D eigenvalue weighted by Crippen LogP contribution is 2.31. The van der Waals surface area contributed by atoms with Crippen LogP contribution in [0, 0.1) is 0 Å². The number of nitrogens with one attached hydrogen (secondary N) is 2. The van der Waals surface area contributed by atoms with Crippen molar-refractivity contribution in [2.24, 2.45) is 0 Å². The van der Waals surface area contributed by atoms with E-state index < -0.39 is 11.8 Å². The molecule has 0 saturated carbocycles. The van der Waals surface area contributed by atoms with Crippen LogP contribution in [-0.2, 0) is 4.79 Å². The lowest BCUT2D eigenvalue weighted by Gasteiger charge is -2.22. The van der Waals surface area contributed by atoms with Gasteiger partial charge >= 0.3 is 0 Å². The predicted molar refractivity (Wildman–Crippen MR) is 111 cm³/mol. The number of carbonyl (C=O) groups is 1. The molecule has 0 aliphatic heterocycles. The van der Waals surface area contributed by atoms with Gasteiger partial charge in [-0.3, -0.25) is 10.0 Å². The Bertz CT molecular complexity index is 1110. The Morgan fingerprint density at radius 3 is 2.46 bits per heavy atom. The Morgan fingerprint density at radius 1 is 0.929 bits per heavy atom. The number of rotatable bonds is 5. The SMILES string of the molecule is CN(c1cccc(C(C(=O)NO)c2ccccc2)c1)c1ccc2[nH]ccc2c1. The number of anilines is 2. The van der Waals surface area contributed by atoms with Crippen LogP contribution < -0.4 is 10.4 Å². The van der Waals surface area contributed by atoms with Crippen molar-refractivity contribution in [3.05, 3.63) is 96.2 Å². The highest BCUT2D eigenvalue weighted by atomic mass is 16.5. The van der Waals surface area contributed by atoms with Gasteiger partial charge in [-0.2, -0.15) is 0 Å². The summed E-state index contributed by atoms with van der Waals surface area (Å²) < 4.78 is 0. The van der Waals surface area contributed by atoms with E-state index in [4.69, 9.17) is 0 Å². The molecule has 1 unspecified atom stereocenters. The summed E-state index contributed by atoms with van der Waals surface area (Å²) in [7, 11) is 2.00. The molecule has 0 aliphatic carbocycles. The molecule has 1 amide bonds. The molecule has 0 radical (unpaired) electrons. The monoisotopic (exact) mass is 371 g/mol. The molecule has 28 heavy (non-hydrogen) atoms. The first-order valence-electron chi connectivity index (χ1n) is 9.07. The van der Waals surface area contributed by atoms with Crippen molar-refractivity contribution in [2.45, 2.75) is 5.92 Å². The summed E-state index contributed by atoms with van der Waals surface area (Å²) in [6.45, 7) is 0. The van der Waals surface area contributed by atoms with E-state index >= 15 is 0 Å². The molecule has 0 spiro atoms. The zero-order chi connectivity index (χ0) is 19.5. The average molecular weight is 371 g/mol. The number of nitrogens with zero attached hydrogens (tertiary/aromatic N) is 1. The van der Waals surface area contributed by atoms with Crippen molar-refractivity contribution in [1.82, 2.24) is 10.5 Å². The minimum atomic E-state index is -0.591. The predicted octanol–water partition coefficient (Wildman–Crippen LogP) is 4.57. The maximum Gasteiger partial charge on any atom is 0.255 e. The Hall–Kier alpha value is -3.57. The maximum atomic E-state index is 12.4. The molecule has 0 bridgehead atoms. The Morgan fingerprint density at radius 2 is 1.68 bits per heavy atom. The van der Waals surface area contributed by atoms with Crippen molar-refractivity contribution < 1.29 is 10.0 Å². The quantitative estimate of drug-likeness (QED) is 0.355. The van der Waals surface area contributed by atoms with E-state index in [2.05, 4.69) is 28.1 Å². The fourth-order valence-electron chi connectivity index (χ4n) is 3.52. The fourth-order valence-corrected chi connectivity index (χ4v) is 3.52. The van der Waals surface area contributed by atoms with Crippen molar-refractivity contribution >= 4 is 28.2 Å². The lowest BCUT2D eigenvalue weighted by molar-refractivity contribution is -0.129. The van der Waals surface area contributed by atoms with Gasteiger partial charge in [0.25, 0.3) is 5.91 Å². The summed E-state index contributed by atoms with van der Waals surface area (Å²) in [5, 5.41) is 10.4. The smallest absolute Gasteiger partial charge is 0.255 e. The van der Waals surface area contributed by atoms with Gasteiger partial charge in [-0.05, 0) is 47.5 Å². The largest absolute Gasteiger partial charge is 0.361 e. The lowest BCUT2D eigenvalue weighted by Crippen LogP contribution is -2.27. The number of benzene rings is 3. The molecular formula is C23H21N3O2. The van der Waals surface area contributed by atoms with Crippen molar-refractivity contribution in [1.29, 1.82) is 0 Å². The number of aromatic amines is 1. The molecule has 5 heteroatoms. The number of hydrogen-bond acceptors (Lipinski definition) is 3. The second kappa shape index (κ2) is 7.58. The average Bonchev–Trinajstić information content (AvgIpc) is 3.22. The number of aromatic nitrogens is 1. The summed E-state index contributed by atoms with van der Waals surface area (Å²) >= 11 is 0. The first-order valence-corrected chi connectivity index (χ1v) is 9.07. The van der Waals surface area contributed by atoms with Crippen LogP contribution in [0.4, 0.5) is 11.4 Å². The minimum absolute atomic E-state index is 0.459. The first kappa shape index (κ1) is 17.8. The lowest BCUT2D eigenvalue weighted by atomic mass is 9.90. The van der Waals surface area contributed by atoms with Crippen LogP contribution in [0.1, 0.15) is 17.0 Å². The third kappa shape index (κ3) is 3.35. The zero-order valence-corrected chi connectivity index (χ0v) is 15.5. The van der Waals surface area contributed by atoms with Gasteiger partial charge in [0, 0.05) is 35.5 Å². The van der Waals surface area contributed by atoms with Gasteiger partial charge in [-0.1, -0.05) is 42.5 Å². The molecule has 4 rings (SSSR count). The van der Waals surface area contributed by atoms with Crippen LogP contribution in [0.25, 0.3) is 10.9 Å².